The second kappa shape index (κ2) is 8.83. The van der Waals surface area contributed by atoms with E-state index >= 15 is 0 Å². The summed E-state index contributed by atoms with van der Waals surface area (Å²) >= 11 is 0. The third kappa shape index (κ3) is 485. The van der Waals surface area contributed by atoms with Crippen molar-refractivity contribution < 1.29 is 15.8 Å². The Kier molecular flexibility index (Phi) is 25.2. The SMILES string of the molecule is O.O=[N+]([O-])O.[LiH]. The van der Waals surface area contributed by atoms with Crippen molar-refractivity contribution in [1.82, 2.24) is 0 Å². The molecule has 0 amide bonds. The summed E-state index contributed by atoms with van der Waals surface area (Å²) in [5, 5.41) is 13.6. The predicted octanol–water partition coefficient (Wildman–Crippen LogP) is -1.82. The first-order valence-electron chi connectivity index (χ1n) is 0.565. The van der Waals surface area contributed by atoms with Crippen LogP contribution in [0.5, 0.6) is 0 Å². The molecule has 6 heteroatoms. The molecule has 0 bridgehead atoms. The van der Waals surface area contributed by atoms with Crippen LogP contribution in [0.2, 0.25) is 0 Å². The van der Waals surface area contributed by atoms with Crippen LogP contribution in [0, 0.1) is 10.1 Å². The fourth-order valence-corrected chi connectivity index (χ4v) is 0. The number of nitrogens with zero attached hydrogens (tertiary/aromatic N) is 1. The van der Waals surface area contributed by atoms with Crippen LogP contribution in [0.25, 0.3) is 0 Å². The Morgan fingerprint density at radius 2 is 1.67 bits per heavy atom. The molecule has 0 aliphatic carbocycles. The molecule has 0 radical (unpaired) electrons. The van der Waals surface area contributed by atoms with Crippen LogP contribution in [-0.4, -0.2) is 34.6 Å². The van der Waals surface area contributed by atoms with Crippen LogP contribution in [-0.2, 0) is 0 Å². The summed E-state index contributed by atoms with van der Waals surface area (Å²) < 4.78 is 0. The molecular formula is H4LiNO4. The summed E-state index contributed by atoms with van der Waals surface area (Å²) in [5.74, 6) is 0. The number of hydrogen-bond acceptors (Lipinski definition) is 2. The van der Waals surface area contributed by atoms with Gasteiger partial charge in [0.05, 0.1) is 0 Å². The van der Waals surface area contributed by atoms with Gasteiger partial charge in [0.15, 0.2) is 0 Å². The first-order chi connectivity index (χ1) is 1.73. The quantitative estimate of drug-likeness (QED) is 0.215. The van der Waals surface area contributed by atoms with E-state index in [4.69, 9.17) is 15.3 Å². The third-order valence-corrected chi connectivity index (χ3v) is 0. The minimum absolute atomic E-state index is 0. The van der Waals surface area contributed by atoms with Crippen molar-refractivity contribution >= 4 is 18.9 Å². The molecule has 5 nitrogen and oxygen atoms in total. The molecule has 0 aromatic heterocycles. The van der Waals surface area contributed by atoms with Crippen molar-refractivity contribution in [2.24, 2.45) is 0 Å². The van der Waals surface area contributed by atoms with E-state index in [1.54, 1.807) is 0 Å². The van der Waals surface area contributed by atoms with Gasteiger partial charge < -0.3 is 10.7 Å². The van der Waals surface area contributed by atoms with E-state index < -0.39 is 5.09 Å². The second-order valence-electron chi connectivity index (χ2n) is 0.238. The molecule has 0 unspecified atom stereocenters. The Bertz CT molecular complexity index is 30.5. The first-order valence-corrected chi connectivity index (χ1v) is 0.565. The normalized spacial score (nSPS) is 4.00. The van der Waals surface area contributed by atoms with Gasteiger partial charge in [-0.3, -0.25) is 0 Å². The summed E-state index contributed by atoms with van der Waals surface area (Å²) in [7, 11) is 0. The molecule has 0 atom stereocenters. The van der Waals surface area contributed by atoms with E-state index in [0.29, 0.717) is 0 Å². The van der Waals surface area contributed by atoms with Crippen molar-refractivity contribution in [3.8, 4) is 0 Å². The van der Waals surface area contributed by atoms with Gasteiger partial charge in [0.25, 0.3) is 5.09 Å². The summed E-state index contributed by atoms with van der Waals surface area (Å²) in [6.45, 7) is 0. The molecular weight excluding hydrogens is 84.9 g/mol. The minimum atomic E-state index is -1.50. The maximum absolute atomic E-state index is 8.36. The molecule has 0 aliphatic heterocycles. The van der Waals surface area contributed by atoms with Crippen LogP contribution in [0.15, 0.2) is 0 Å². The topological polar surface area (TPSA) is 94.9 Å². The summed E-state index contributed by atoms with van der Waals surface area (Å²) in [5.41, 5.74) is 0. The van der Waals surface area contributed by atoms with E-state index in [-0.39, 0.29) is 24.3 Å². The predicted molar refractivity (Wildman–Crippen MR) is 19.5 cm³/mol. The fraction of sp³-hybridized carbons (Fsp3) is 0. The molecule has 0 saturated carbocycles. The molecule has 6 heavy (non-hydrogen) atoms. The third-order valence-electron chi connectivity index (χ3n) is 0. The zero-order valence-corrected chi connectivity index (χ0v) is 2.21. The van der Waals surface area contributed by atoms with Crippen LogP contribution >= 0.6 is 0 Å². The fourth-order valence-electron chi connectivity index (χ4n) is 0. The second-order valence-corrected chi connectivity index (χ2v) is 0.238. The van der Waals surface area contributed by atoms with Crippen LogP contribution < -0.4 is 0 Å². The van der Waals surface area contributed by atoms with Gasteiger partial charge in [-0.1, -0.05) is 0 Å². The summed E-state index contributed by atoms with van der Waals surface area (Å²) in [6.07, 6.45) is 0. The van der Waals surface area contributed by atoms with Gasteiger partial charge in [-0.05, 0) is 0 Å². The van der Waals surface area contributed by atoms with E-state index in [2.05, 4.69) is 0 Å². The zero-order valence-electron chi connectivity index (χ0n) is 2.21. The Morgan fingerprint density at radius 1 is 1.67 bits per heavy atom. The van der Waals surface area contributed by atoms with Crippen molar-refractivity contribution in [3.05, 3.63) is 10.1 Å². The molecule has 0 rings (SSSR count). The number of rotatable bonds is 0. The van der Waals surface area contributed by atoms with Gasteiger partial charge in [-0.2, -0.15) is 0 Å². The van der Waals surface area contributed by atoms with Crippen molar-refractivity contribution in [2.45, 2.75) is 0 Å². The number of hydrogen-bond donors (Lipinski definition) is 1. The van der Waals surface area contributed by atoms with Crippen molar-refractivity contribution in [3.63, 3.8) is 0 Å². The molecule has 0 aromatic carbocycles. The average Bonchev–Trinajstić information content (AvgIpc) is 0.811. The van der Waals surface area contributed by atoms with Crippen molar-refractivity contribution in [1.29, 1.82) is 0 Å². The van der Waals surface area contributed by atoms with Crippen LogP contribution in [0.1, 0.15) is 0 Å². The summed E-state index contributed by atoms with van der Waals surface area (Å²) in [6, 6.07) is 0. The van der Waals surface area contributed by atoms with Gasteiger partial charge in [0, 0.05) is 0 Å². The standard InChI is InChI=1S/Li.HNO3.H2O.H/c;2-1(3)4;;/h;(H,2,3,4);1H2;. The molecule has 3 N–H and O–H groups in total. The van der Waals surface area contributed by atoms with Gasteiger partial charge in [0.1, 0.15) is 0 Å². The van der Waals surface area contributed by atoms with Gasteiger partial charge in [0.2, 0.25) is 0 Å². The van der Waals surface area contributed by atoms with E-state index in [1.165, 1.54) is 0 Å². The van der Waals surface area contributed by atoms with E-state index in [0.717, 1.165) is 0 Å². The maximum atomic E-state index is 8.36. The van der Waals surface area contributed by atoms with Gasteiger partial charge in [-0.25, -0.2) is 0 Å². The van der Waals surface area contributed by atoms with Gasteiger partial charge >= 0.3 is 18.9 Å². The Morgan fingerprint density at radius 3 is 1.67 bits per heavy atom. The Hall–Kier alpha value is -0.243. The van der Waals surface area contributed by atoms with Crippen LogP contribution in [0.4, 0.5) is 0 Å². The molecule has 0 fully saturated rings. The molecule has 0 aliphatic rings. The molecule has 34 valence electrons. The molecule has 0 heterocycles. The monoisotopic (exact) mass is 89.0 g/mol. The average molecular weight is 89.0 g/mol. The molecule has 0 aromatic rings. The van der Waals surface area contributed by atoms with Crippen LogP contribution in [0.3, 0.4) is 0 Å². The Labute approximate surface area is 45.6 Å². The molecule has 0 spiro atoms. The summed E-state index contributed by atoms with van der Waals surface area (Å²) in [4.78, 5) is 8.36. The first kappa shape index (κ1) is 17.1. The van der Waals surface area contributed by atoms with Gasteiger partial charge in [-0.15, -0.1) is 10.1 Å². The van der Waals surface area contributed by atoms with E-state index in [9.17, 15) is 0 Å². The van der Waals surface area contributed by atoms with E-state index in [1.807, 2.05) is 0 Å². The Balaban J connectivity index is -0.0000000450. The molecule has 0 saturated heterocycles. The van der Waals surface area contributed by atoms with Crippen molar-refractivity contribution in [2.75, 3.05) is 0 Å². The zero-order chi connectivity index (χ0) is 3.58.